The zero-order valence-electron chi connectivity index (χ0n) is 17.1. The molecule has 2 rings (SSSR count). The molecule has 0 saturated carbocycles. The number of benzene rings is 1. The molecule has 0 saturated heterocycles. The van der Waals surface area contributed by atoms with Crippen molar-refractivity contribution < 1.29 is 9.47 Å². The van der Waals surface area contributed by atoms with Crippen molar-refractivity contribution in [1.82, 2.24) is 10.3 Å². The number of methoxy groups -OCH3 is 1. The highest BCUT2D eigenvalue weighted by Gasteiger charge is 2.28. The maximum Gasteiger partial charge on any atom is 0.216 e. The molecule has 1 aromatic carbocycles. The number of rotatable bonds is 7. The Kier molecular flexibility index (Phi) is 6.00. The zero-order valence-corrected chi connectivity index (χ0v) is 17.1. The van der Waals surface area contributed by atoms with Crippen molar-refractivity contribution >= 4 is 10.9 Å². The van der Waals surface area contributed by atoms with Crippen LogP contribution in [0.1, 0.15) is 45.7 Å². The maximum absolute atomic E-state index is 9.83. The minimum atomic E-state index is -0.753. The molecule has 0 bridgehead atoms. The third-order valence-corrected chi connectivity index (χ3v) is 4.38. The van der Waals surface area contributed by atoms with Crippen molar-refractivity contribution in [3.8, 4) is 11.9 Å². The molecule has 5 heteroatoms. The first-order chi connectivity index (χ1) is 12.6. The van der Waals surface area contributed by atoms with Gasteiger partial charge in [0.1, 0.15) is 5.60 Å². The number of fused-ring (bicyclic) bond motifs is 1. The second kappa shape index (κ2) is 7.87. The molecule has 0 fully saturated rings. The molecule has 0 radical (unpaired) electrons. The van der Waals surface area contributed by atoms with E-state index in [1.54, 1.807) is 7.11 Å². The first-order valence-electron chi connectivity index (χ1n) is 9.13. The van der Waals surface area contributed by atoms with Crippen molar-refractivity contribution in [3.63, 3.8) is 0 Å². The fourth-order valence-electron chi connectivity index (χ4n) is 2.85. The van der Waals surface area contributed by atoms with Crippen LogP contribution in [0.5, 0.6) is 5.88 Å². The van der Waals surface area contributed by atoms with E-state index in [2.05, 4.69) is 35.9 Å². The summed E-state index contributed by atoms with van der Waals surface area (Å²) in [5.74, 6) is 1.09. The molecule has 27 heavy (non-hydrogen) atoms. The van der Waals surface area contributed by atoms with Crippen LogP contribution >= 0.6 is 0 Å². The molecule has 0 amide bonds. The van der Waals surface area contributed by atoms with Gasteiger partial charge in [0.25, 0.3) is 0 Å². The summed E-state index contributed by atoms with van der Waals surface area (Å²) in [7, 11) is 1.63. The molecule has 0 aliphatic rings. The number of aryl methyl sites for hydroxylation is 1. The number of hydrogen-bond acceptors (Lipinski definition) is 5. The number of nitrogens with zero attached hydrogens (tertiary/aromatic N) is 2. The summed E-state index contributed by atoms with van der Waals surface area (Å²) in [6.07, 6.45) is 0.851. The summed E-state index contributed by atoms with van der Waals surface area (Å²) in [4.78, 5) is 4.62. The molecule has 144 valence electrons. The van der Waals surface area contributed by atoms with Crippen molar-refractivity contribution in [2.45, 2.75) is 52.1 Å². The Labute approximate surface area is 162 Å². The van der Waals surface area contributed by atoms with E-state index in [0.29, 0.717) is 18.3 Å². The number of nitriles is 1. The van der Waals surface area contributed by atoms with Gasteiger partial charge in [-0.3, -0.25) is 0 Å². The smallest absolute Gasteiger partial charge is 0.216 e. The Balaban J connectivity index is 2.31. The van der Waals surface area contributed by atoms with Crippen molar-refractivity contribution in [2.75, 3.05) is 13.7 Å². The summed E-state index contributed by atoms with van der Waals surface area (Å²) in [6, 6.07) is 10.4. The van der Waals surface area contributed by atoms with Crippen LogP contribution in [0.4, 0.5) is 0 Å². The van der Waals surface area contributed by atoms with E-state index in [9.17, 15) is 5.26 Å². The first kappa shape index (κ1) is 20.6. The van der Waals surface area contributed by atoms with Crippen LogP contribution in [0, 0.1) is 11.3 Å². The Morgan fingerprint density at radius 3 is 2.52 bits per heavy atom. The van der Waals surface area contributed by atoms with Gasteiger partial charge in [0, 0.05) is 17.5 Å². The number of aromatic nitrogens is 1. The average molecular weight is 367 g/mol. The van der Waals surface area contributed by atoms with Crippen molar-refractivity contribution in [2.24, 2.45) is 0 Å². The van der Waals surface area contributed by atoms with Gasteiger partial charge in [0.15, 0.2) is 5.88 Å². The van der Waals surface area contributed by atoms with E-state index in [-0.39, 0.29) is 5.60 Å². The van der Waals surface area contributed by atoms with Crippen LogP contribution in [-0.4, -0.2) is 24.2 Å². The van der Waals surface area contributed by atoms with Gasteiger partial charge >= 0.3 is 0 Å². The molecule has 1 unspecified atom stereocenters. The zero-order chi connectivity index (χ0) is 20.2. The third kappa shape index (κ3) is 4.91. The molecule has 1 heterocycles. The molecule has 0 aliphatic carbocycles. The fourth-order valence-corrected chi connectivity index (χ4v) is 2.85. The van der Waals surface area contributed by atoms with E-state index in [0.717, 1.165) is 28.5 Å². The summed E-state index contributed by atoms with van der Waals surface area (Å²) >= 11 is 0. The SMILES string of the molecule is C=C(NCC(C)(C#N)c1ccc2cc(CC)c(OC)nc2c1)OC(C)(C)C. The summed E-state index contributed by atoms with van der Waals surface area (Å²) in [6.45, 7) is 14.1. The minimum absolute atomic E-state index is 0.340. The van der Waals surface area contributed by atoms with E-state index >= 15 is 0 Å². The van der Waals surface area contributed by atoms with Gasteiger partial charge in [-0.25, -0.2) is 4.98 Å². The van der Waals surface area contributed by atoms with Gasteiger partial charge in [0.05, 0.1) is 24.1 Å². The first-order valence-corrected chi connectivity index (χ1v) is 9.13. The number of pyridine rings is 1. The highest BCUT2D eigenvalue weighted by molar-refractivity contribution is 5.81. The largest absolute Gasteiger partial charge is 0.481 e. The topological polar surface area (TPSA) is 67.2 Å². The summed E-state index contributed by atoms with van der Waals surface area (Å²) in [5.41, 5.74) is 1.67. The lowest BCUT2D eigenvalue weighted by Crippen LogP contribution is -2.36. The van der Waals surface area contributed by atoms with Crippen LogP contribution in [-0.2, 0) is 16.6 Å². The minimum Gasteiger partial charge on any atom is -0.481 e. The van der Waals surface area contributed by atoms with Crippen LogP contribution < -0.4 is 10.1 Å². The Morgan fingerprint density at radius 1 is 1.26 bits per heavy atom. The van der Waals surface area contributed by atoms with E-state index in [4.69, 9.17) is 9.47 Å². The normalized spacial score (nSPS) is 13.5. The fraction of sp³-hybridized carbons (Fsp3) is 0.455. The number of nitrogens with one attached hydrogen (secondary N) is 1. The van der Waals surface area contributed by atoms with Gasteiger partial charge in [0.2, 0.25) is 5.88 Å². The molecule has 1 atom stereocenters. The van der Waals surface area contributed by atoms with Crippen molar-refractivity contribution in [3.05, 3.63) is 47.9 Å². The molecular weight excluding hydrogens is 338 g/mol. The molecule has 5 nitrogen and oxygen atoms in total. The molecule has 0 spiro atoms. The van der Waals surface area contributed by atoms with Gasteiger partial charge in [-0.15, -0.1) is 0 Å². The van der Waals surface area contributed by atoms with E-state index < -0.39 is 5.41 Å². The average Bonchev–Trinajstić information content (AvgIpc) is 2.63. The standard InChI is InChI=1S/C22H29N3O2/c1-8-16-11-17-9-10-18(12-19(17)25-20(16)26-7)22(6,13-23)14-24-15(2)27-21(3,4)5/h9-12,24H,2,8,14H2,1,3-7H3. The summed E-state index contributed by atoms with van der Waals surface area (Å²) in [5, 5.41) is 14.0. The lowest BCUT2D eigenvalue weighted by atomic mass is 9.83. The van der Waals surface area contributed by atoms with Crippen LogP contribution in [0.3, 0.4) is 0 Å². The van der Waals surface area contributed by atoms with Crippen LogP contribution in [0.25, 0.3) is 10.9 Å². The van der Waals surface area contributed by atoms with Gasteiger partial charge in [-0.1, -0.05) is 19.1 Å². The van der Waals surface area contributed by atoms with Crippen molar-refractivity contribution in [1.29, 1.82) is 5.26 Å². The predicted molar refractivity (Wildman–Crippen MR) is 109 cm³/mol. The lowest BCUT2D eigenvalue weighted by Gasteiger charge is -2.27. The van der Waals surface area contributed by atoms with E-state index in [1.807, 2.05) is 45.9 Å². The molecule has 1 aromatic heterocycles. The lowest BCUT2D eigenvalue weighted by molar-refractivity contribution is 0.0407. The van der Waals surface area contributed by atoms with Crippen LogP contribution in [0.15, 0.2) is 36.7 Å². The number of ether oxygens (including phenoxy) is 2. The highest BCUT2D eigenvalue weighted by atomic mass is 16.5. The molecule has 1 N–H and O–H groups in total. The van der Waals surface area contributed by atoms with Gasteiger partial charge in [-0.05, 0) is 58.4 Å². The van der Waals surface area contributed by atoms with Gasteiger partial charge < -0.3 is 14.8 Å². The second-order valence-corrected chi connectivity index (χ2v) is 7.85. The highest BCUT2D eigenvalue weighted by Crippen LogP contribution is 2.29. The van der Waals surface area contributed by atoms with E-state index in [1.165, 1.54) is 0 Å². The molecule has 2 aromatic rings. The third-order valence-electron chi connectivity index (χ3n) is 4.38. The second-order valence-electron chi connectivity index (χ2n) is 7.85. The Hall–Kier alpha value is -2.74. The monoisotopic (exact) mass is 367 g/mol. The Bertz CT molecular complexity index is 877. The predicted octanol–water partition coefficient (Wildman–Crippen LogP) is 4.46. The maximum atomic E-state index is 9.83. The molecule has 0 aliphatic heterocycles. The number of hydrogen-bond donors (Lipinski definition) is 1. The Morgan fingerprint density at radius 2 is 1.96 bits per heavy atom. The summed E-state index contributed by atoms with van der Waals surface area (Å²) < 4.78 is 11.1. The van der Waals surface area contributed by atoms with Crippen LogP contribution in [0.2, 0.25) is 0 Å². The molecular formula is C22H29N3O2. The van der Waals surface area contributed by atoms with Gasteiger partial charge in [-0.2, -0.15) is 5.26 Å². The quantitative estimate of drug-likeness (QED) is 0.732.